The number of amides is 1. The molecule has 1 aromatic heterocycles. The number of nitrogens with one attached hydrogen (secondary N) is 1. The van der Waals surface area contributed by atoms with E-state index < -0.39 is 17.8 Å². The molecule has 1 atom stereocenters. The number of halogens is 3. The van der Waals surface area contributed by atoms with Crippen LogP contribution in [0.4, 0.5) is 18.9 Å². The van der Waals surface area contributed by atoms with Crippen LogP contribution in [0.25, 0.3) is 0 Å². The number of anilines is 1. The summed E-state index contributed by atoms with van der Waals surface area (Å²) in [5.74, 6) is -0.910. The first kappa shape index (κ1) is 18.0. The van der Waals surface area contributed by atoms with E-state index in [0.29, 0.717) is 16.9 Å². The van der Waals surface area contributed by atoms with Gasteiger partial charge in [0.15, 0.2) is 5.69 Å². The van der Waals surface area contributed by atoms with E-state index in [-0.39, 0.29) is 18.4 Å². The molecule has 1 N–H and O–H groups in total. The van der Waals surface area contributed by atoms with Crippen molar-refractivity contribution in [2.24, 2.45) is 5.92 Å². The first-order valence-electron chi connectivity index (χ1n) is 8.24. The van der Waals surface area contributed by atoms with Crippen molar-refractivity contribution in [1.29, 1.82) is 5.26 Å². The van der Waals surface area contributed by atoms with Gasteiger partial charge in [-0.3, -0.25) is 9.48 Å². The van der Waals surface area contributed by atoms with Gasteiger partial charge in [-0.25, -0.2) is 0 Å². The monoisotopic (exact) mass is 362 g/mol. The zero-order valence-electron chi connectivity index (χ0n) is 14.0. The lowest BCUT2D eigenvalue weighted by Gasteiger charge is -2.15. The van der Waals surface area contributed by atoms with Gasteiger partial charge in [0.1, 0.15) is 6.07 Å². The summed E-state index contributed by atoms with van der Waals surface area (Å²) in [7, 11) is 0. The summed E-state index contributed by atoms with van der Waals surface area (Å²) in [6.07, 6.45) is -2.84. The number of carbonyl (C=O) groups excluding carboxylic acids is 1. The molecule has 8 heteroatoms. The third-order valence-electron chi connectivity index (χ3n) is 4.30. The SMILES string of the molecule is CC(Cn1nc(C(F)(F)F)cc1C1CC1)C(=O)Nc1ccccc1C#N. The molecule has 0 bridgehead atoms. The summed E-state index contributed by atoms with van der Waals surface area (Å²) in [4.78, 5) is 12.4. The summed E-state index contributed by atoms with van der Waals surface area (Å²) in [5.41, 5.74) is 0.298. The van der Waals surface area contributed by atoms with Crippen LogP contribution in [0.3, 0.4) is 0 Å². The normalized spacial score (nSPS) is 15.3. The van der Waals surface area contributed by atoms with Gasteiger partial charge in [0.25, 0.3) is 0 Å². The number of hydrogen-bond acceptors (Lipinski definition) is 3. The van der Waals surface area contributed by atoms with E-state index in [9.17, 15) is 18.0 Å². The Hall–Kier alpha value is -2.82. The molecule has 0 radical (unpaired) electrons. The van der Waals surface area contributed by atoms with Crippen LogP contribution in [0.1, 0.15) is 42.6 Å². The van der Waals surface area contributed by atoms with Gasteiger partial charge in [0, 0.05) is 11.6 Å². The largest absolute Gasteiger partial charge is 0.435 e. The Labute approximate surface area is 148 Å². The van der Waals surface area contributed by atoms with Gasteiger partial charge in [0.05, 0.1) is 23.7 Å². The van der Waals surface area contributed by atoms with Crippen molar-refractivity contribution < 1.29 is 18.0 Å². The van der Waals surface area contributed by atoms with Crippen molar-refractivity contribution in [3.05, 3.63) is 47.3 Å². The first-order valence-corrected chi connectivity index (χ1v) is 8.24. The molecule has 5 nitrogen and oxygen atoms in total. The maximum absolute atomic E-state index is 12.9. The fourth-order valence-electron chi connectivity index (χ4n) is 2.71. The molecule has 136 valence electrons. The van der Waals surface area contributed by atoms with Gasteiger partial charge in [-0.05, 0) is 31.0 Å². The lowest BCUT2D eigenvalue weighted by Crippen LogP contribution is -2.26. The summed E-state index contributed by atoms with van der Waals surface area (Å²) in [6, 6.07) is 9.62. The Kier molecular flexibility index (Phi) is 4.72. The Bertz CT molecular complexity index is 862. The fourth-order valence-corrected chi connectivity index (χ4v) is 2.71. The summed E-state index contributed by atoms with van der Waals surface area (Å²) >= 11 is 0. The average molecular weight is 362 g/mol. The van der Waals surface area contributed by atoms with Crippen molar-refractivity contribution >= 4 is 11.6 Å². The molecular formula is C18H17F3N4O. The van der Waals surface area contributed by atoms with Crippen LogP contribution in [0, 0.1) is 17.2 Å². The molecule has 1 amide bonds. The minimum absolute atomic E-state index is 0.0441. The second kappa shape index (κ2) is 6.83. The second-order valence-electron chi connectivity index (χ2n) is 6.46. The Morgan fingerprint density at radius 2 is 2.12 bits per heavy atom. The first-order chi connectivity index (χ1) is 12.3. The van der Waals surface area contributed by atoms with Gasteiger partial charge in [-0.1, -0.05) is 19.1 Å². The van der Waals surface area contributed by atoms with E-state index in [1.54, 1.807) is 31.2 Å². The molecule has 2 aromatic rings. The van der Waals surface area contributed by atoms with Crippen molar-refractivity contribution in [1.82, 2.24) is 9.78 Å². The van der Waals surface area contributed by atoms with Gasteiger partial charge >= 0.3 is 6.18 Å². The highest BCUT2D eigenvalue weighted by Gasteiger charge is 2.38. The molecule has 26 heavy (non-hydrogen) atoms. The number of aromatic nitrogens is 2. The lowest BCUT2D eigenvalue weighted by molar-refractivity contribution is -0.141. The highest BCUT2D eigenvalue weighted by molar-refractivity contribution is 5.93. The molecule has 1 heterocycles. The van der Waals surface area contributed by atoms with E-state index in [1.165, 1.54) is 4.68 Å². The third-order valence-corrected chi connectivity index (χ3v) is 4.30. The van der Waals surface area contributed by atoms with Crippen molar-refractivity contribution in [2.45, 2.75) is 38.4 Å². The molecule has 3 rings (SSSR count). The van der Waals surface area contributed by atoms with Crippen LogP contribution in [0.2, 0.25) is 0 Å². The molecule has 1 saturated carbocycles. The molecule has 1 aliphatic carbocycles. The van der Waals surface area contributed by atoms with Crippen molar-refractivity contribution in [2.75, 3.05) is 5.32 Å². The Morgan fingerprint density at radius 3 is 2.73 bits per heavy atom. The van der Waals surface area contributed by atoms with E-state index in [4.69, 9.17) is 5.26 Å². The fraction of sp³-hybridized carbons (Fsp3) is 0.389. The Morgan fingerprint density at radius 1 is 1.42 bits per heavy atom. The third kappa shape index (κ3) is 3.87. The molecule has 1 fully saturated rings. The molecule has 1 aliphatic rings. The lowest BCUT2D eigenvalue weighted by atomic mass is 10.1. The molecule has 1 aromatic carbocycles. The van der Waals surface area contributed by atoms with Gasteiger partial charge in [-0.15, -0.1) is 0 Å². The number of nitrogens with zero attached hydrogens (tertiary/aromatic N) is 3. The minimum Gasteiger partial charge on any atom is -0.325 e. The van der Waals surface area contributed by atoms with Gasteiger partial charge < -0.3 is 5.32 Å². The maximum atomic E-state index is 12.9. The molecule has 0 spiro atoms. The van der Waals surface area contributed by atoms with Crippen LogP contribution >= 0.6 is 0 Å². The summed E-state index contributed by atoms with van der Waals surface area (Å²) < 4.78 is 40.1. The van der Waals surface area contributed by atoms with Crippen molar-refractivity contribution in [3.8, 4) is 6.07 Å². The molecule has 0 aliphatic heterocycles. The van der Waals surface area contributed by atoms with Crippen molar-refractivity contribution in [3.63, 3.8) is 0 Å². The molecule has 0 saturated heterocycles. The van der Waals surface area contributed by atoms with E-state index in [2.05, 4.69) is 10.4 Å². The smallest absolute Gasteiger partial charge is 0.325 e. The standard InChI is InChI=1S/C18H17F3N4O/c1-11(17(26)23-14-5-3-2-4-13(14)9-22)10-25-15(12-6-7-12)8-16(24-25)18(19,20)21/h2-5,8,11-12H,6-7,10H2,1H3,(H,23,26). The summed E-state index contributed by atoms with van der Waals surface area (Å²) in [6.45, 7) is 1.67. The average Bonchev–Trinajstić information content (AvgIpc) is 3.34. The highest BCUT2D eigenvalue weighted by atomic mass is 19.4. The maximum Gasteiger partial charge on any atom is 0.435 e. The highest BCUT2D eigenvalue weighted by Crippen LogP contribution is 2.42. The zero-order chi connectivity index (χ0) is 18.9. The number of nitriles is 1. The number of rotatable bonds is 5. The predicted octanol–water partition coefficient (Wildman–Crippen LogP) is 3.93. The van der Waals surface area contributed by atoms with Gasteiger partial charge in [0.2, 0.25) is 5.91 Å². The predicted molar refractivity (Wildman–Crippen MR) is 88.2 cm³/mol. The number of alkyl halides is 3. The number of carbonyl (C=O) groups is 1. The number of benzene rings is 1. The Balaban J connectivity index is 1.75. The second-order valence-corrected chi connectivity index (χ2v) is 6.46. The molecular weight excluding hydrogens is 345 g/mol. The molecule has 1 unspecified atom stereocenters. The number of para-hydroxylation sites is 1. The van der Waals surface area contributed by atoms with Crippen LogP contribution in [0.15, 0.2) is 30.3 Å². The van der Waals surface area contributed by atoms with Crippen LogP contribution in [-0.2, 0) is 17.5 Å². The number of hydrogen-bond donors (Lipinski definition) is 1. The summed E-state index contributed by atoms with van der Waals surface area (Å²) in [5, 5.41) is 15.4. The van der Waals surface area contributed by atoms with Crippen LogP contribution in [0.5, 0.6) is 0 Å². The van der Waals surface area contributed by atoms with E-state index in [1.807, 2.05) is 6.07 Å². The quantitative estimate of drug-likeness (QED) is 0.876. The van der Waals surface area contributed by atoms with E-state index >= 15 is 0 Å². The topological polar surface area (TPSA) is 70.7 Å². The van der Waals surface area contributed by atoms with Crippen LogP contribution in [-0.4, -0.2) is 15.7 Å². The van der Waals surface area contributed by atoms with E-state index in [0.717, 1.165) is 18.9 Å². The van der Waals surface area contributed by atoms with Crippen LogP contribution < -0.4 is 5.32 Å². The zero-order valence-corrected chi connectivity index (χ0v) is 14.0. The van der Waals surface area contributed by atoms with Gasteiger partial charge in [-0.2, -0.15) is 23.5 Å². The minimum atomic E-state index is -4.51.